The van der Waals surface area contributed by atoms with Crippen molar-refractivity contribution in [3.63, 3.8) is 0 Å². The van der Waals surface area contributed by atoms with E-state index in [9.17, 15) is 9.59 Å². The summed E-state index contributed by atoms with van der Waals surface area (Å²) in [6.07, 6.45) is 0. The number of methoxy groups -OCH3 is 1. The predicted octanol–water partition coefficient (Wildman–Crippen LogP) is 2.68. The van der Waals surface area contributed by atoms with Crippen molar-refractivity contribution < 1.29 is 14.3 Å². The van der Waals surface area contributed by atoms with Gasteiger partial charge in [0.15, 0.2) is 0 Å². The van der Waals surface area contributed by atoms with Crippen molar-refractivity contribution >= 4 is 17.5 Å². The predicted molar refractivity (Wildman–Crippen MR) is 89.9 cm³/mol. The second-order valence-electron chi connectivity index (χ2n) is 5.26. The third-order valence-electron chi connectivity index (χ3n) is 3.53. The van der Waals surface area contributed by atoms with E-state index in [1.54, 1.807) is 24.3 Å². The summed E-state index contributed by atoms with van der Waals surface area (Å²) < 4.78 is 5.07. The zero-order valence-electron chi connectivity index (χ0n) is 13.5. The fourth-order valence-electron chi connectivity index (χ4n) is 2.05. The molecule has 2 rings (SSSR count). The van der Waals surface area contributed by atoms with Crippen LogP contribution in [0.2, 0.25) is 0 Å². The van der Waals surface area contributed by atoms with E-state index in [-0.39, 0.29) is 18.4 Å². The molecule has 0 spiro atoms. The van der Waals surface area contributed by atoms with Crippen LogP contribution in [-0.4, -0.2) is 25.5 Å². The average Bonchev–Trinajstić information content (AvgIpc) is 2.56. The molecule has 0 unspecified atom stereocenters. The molecular weight excluding hydrogens is 292 g/mol. The van der Waals surface area contributed by atoms with Crippen LogP contribution >= 0.6 is 0 Å². The highest BCUT2D eigenvalue weighted by Gasteiger charge is 2.09. The van der Waals surface area contributed by atoms with Gasteiger partial charge in [0, 0.05) is 11.3 Å². The molecule has 0 saturated heterocycles. The minimum Gasteiger partial charge on any atom is -0.497 e. The fourth-order valence-corrected chi connectivity index (χ4v) is 2.05. The standard InChI is InChI=1S/C18H20N2O3/c1-12-7-8-15(9-13(12)2)20-17(21)11-19-18(22)14-5-4-6-16(10-14)23-3/h4-10H,11H2,1-3H3,(H,19,22)(H,20,21). The molecule has 2 amide bonds. The van der Waals surface area contributed by atoms with Gasteiger partial charge in [-0.1, -0.05) is 12.1 Å². The summed E-state index contributed by atoms with van der Waals surface area (Å²) in [6, 6.07) is 12.4. The van der Waals surface area contributed by atoms with Gasteiger partial charge < -0.3 is 15.4 Å². The summed E-state index contributed by atoms with van der Waals surface area (Å²) in [5.41, 5.74) is 3.43. The maximum absolute atomic E-state index is 12.0. The van der Waals surface area contributed by atoms with Crippen LogP contribution in [0.4, 0.5) is 5.69 Å². The molecule has 0 atom stereocenters. The number of carbonyl (C=O) groups excluding carboxylic acids is 2. The van der Waals surface area contributed by atoms with Crippen molar-refractivity contribution in [2.75, 3.05) is 19.0 Å². The molecule has 0 radical (unpaired) electrons. The zero-order valence-corrected chi connectivity index (χ0v) is 13.5. The van der Waals surface area contributed by atoms with Gasteiger partial charge in [-0.25, -0.2) is 0 Å². The van der Waals surface area contributed by atoms with E-state index in [0.29, 0.717) is 17.0 Å². The van der Waals surface area contributed by atoms with Crippen molar-refractivity contribution in [2.45, 2.75) is 13.8 Å². The van der Waals surface area contributed by atoms with Crippen LogP contribution in [0.15, 0.2) is 42.5 Å². The maximum Gasteiger partial charge on any atom is 0.251 e. The molecule has 0 bridgehead atoms. The van der Waals surface area contributed by atoms with Gasteiger partial charge in [0.05, 0.1) is 13.7 Å². The SMILES string of the molecule is COc1cccc(C(=O)NCC(=O)Nc2ccc(C)c(C)c2)c1. The largest absolute Gasteiger partial charge is 0.497 e. The van der Waals surface area contributed by atoms with Crippen LogP contribution < -0.4 is 15.4 Å². The summed E-state index contributed by atoms with van der Waals surface area (Å²) in [4.78, 5) is 23.9. The Hall–Kier alpha value is -2.82. The summed E-state index contributed by atoms with van der Waals surface area (Å²) in [7, 11) is 1.54. The molecule has 5 heteroatoms. The number of ether oxygens (including phenoxy) is 1. The van der Waals surface area contributed by atoms with E-state index in [1.807, 2.05) is 32.0 Å². The monoisotopic (exact) mass is 312 g/mol. The third-order valence-corrected chi connectivity index (χ3v) is 3.53. The number of amides is 2. The smallest absolute Gasteiger partial charge is 0.251 e. The highest BCUT2D eigenvalue weighted by molar-refractivity contribution is 5.99. The van der Waals surface area contributed by atoms with Gasteiger partial charge in [0.1, 0.15) is 5.75 Å². The first-order valence-electron chi connectivity index (χ1n) is 7.29. The summed E-state index contributed by atoms with van der Waals surface area (Å²) in [5, 5.41) is 5.35. The molecule has 2 N–H and O–H groups in total. The van der Waals surface area contributed by atoms with Crippen molar-refractivity contribution in [1.29, 1.82) is 0 Å². The number of benzene rings is 2. The Morgan fingerprint density at radius 3 is 2.52 bits per heavy atom. The number of rotatable bonds is 5. The first kappa shape index (κ1) is 16.5. The quantitative estimate of drug-likeness (QED) is 0.892. The lowest BCUT2D eigenvalue weighted by molar-refractivity contribution is -0.115. The molecule has 2 aromatic rings. The first-order chi connectivity index (χ1) is 11.0. The number of hydrogen-bond donors (Lipinski definition) is 2. The highest BCUT2D eigenvalue weighted by Crippen LogP contribution is 2.14. The van der Waals surface area contributed by atoms with E-state index in [4.69, 9.17) is 4.74 Å². The molecule has 120 valence electrons. The van der Waals surface area contributed by atoms with Gasteiger partial charge >= 0.3 is 0 Å². The topological polar surface area (TPSA) is 67.4 Å². The van der Waals surface area contributed by atoms with Crippen LogP contribution in [0.25, 0.3) is 0 Å². The van der Waals surface area contributed by atoms with E-state index in [0.717, 1.165) is 11.1 Å². The molecule has 0 aliphatic heterocycles. The van der Waals surface area contributed by atoms with E-state index < -0.39 is 0 Å². The fraction of sp³-hybridized carbons (Fsp3) is 0.222. The summed E-state index contributed by atoms with van der Waals surface area (Å²) >= 11 is 0. The van der Waals surface area contributed by atoms with E-state index in [1.165, 1.54) is 7.11 Å². The molecule has 2 aromatic carbocycles. The second-order valence-corrected chi connectivity index (χ2v) is 5.26. The minimum absolute atomic E-state index is 0.0943. The minimum atomic E-state index is -0.320. The highest BCUT2D eigenvalue weighted by atomic mass is 16.5. The second kappa shape index (κ2) is 7.45. The normalized spacial score (nSPS) is 10.0. The zero-order chi connectivity index (χ0) is 16.8. The Morgan fingerprint density at radius 2 is 1.83 bits per heavy atom. The molecule has 23 heavy (non-hydrogen) atoms. The molecule has 0 saturated carbocycles. The van der Waals surface area contributed by atoms with Crippen LogP contribution in [-0.2, 0) is 4.79 Å². The number of carbonyl (C=O) groups is 2. The average molecular weight is 312 g/mol. The van der Waals surface area contributed by atoms with Crippen LogP contribution in [0.1, 0.15) is 21.5 Å². The van der Waals surface area contributed by atoms with Crippen molar-refractivity contribution in [3.8, 4) is 5.75 Å². The van der Waals surface area contributed by atoms with Crippen LogP contribution in [0.3, 0.4) is 0 Å². The Labute approximate surface area is 135 Å². The van der Waals surface area contributed by atoms with Gasteiger partial charge in [-0.2, -0.15) is 0 Å². The van der Waals surface area contributed by atoms with Crippen molar-refractivity contribution in [3.05, 3.63) is 59.2 Å². The molecule has 0 aliphatic carbocycles. The van der Waals surface area contributed by atoms with Crippen molar-refractivity contribution in [2.24, 2.45) is 0 Å². The lowest BCUT2D eigenvalue weighted by Gasteiger charge is -2.09. The van der Waals surface area contributed by atoms with Gasteiger partial charge in [-0.05, 0) is 55.3 Å². The van der Waals surface area contributed by atoms with E-state index >= 15 is 0 Å². The van der Waals surface area contributed by atoms with Crippen LogP contribution in [0.5, 0.6) is 5.75 Å². The maximum atomic E-state index is 12.0. The molecule has 0 fully saturated rings. The van der Waals surface area contributed by atoms with Gasteiger partial charge in [-0.3, -0.25) is 9.59 Å². The number of aryl methyl sites for hydroxylation is 2. The third kappa shape index (κ3) is 4.57. The van der Waals surface area contributed by atoms with E-state index in [2.05, 4.69) is 10.6 Å². The number of nitrogens with one attached hydrogen (secondary N) is 2. The Kier molecular flexibility index (Phi) is 5.36. The number of hydrogen-bond acceptors (Lipinski definition) is 3. The molecule has 5 nitrogen and oxygen atoms in total. The van der Waals surface area contributed by atoms with Gasteiger partial charge in [-0.15, -0.1) is 0 Å². The van der Waals surface area contributed by atoms with Gasteiger partial charge in [0.2, 0.25) is 5.91 Å². The molecular formula is C18H20N2O3. The first-order valence-corrected chi connectivity index (χ1v) is 7.29. The molecule has 0 aromatic heterocycles. The number of anilines is 1. The van der Waals surface area contributed by atoms with Crippen LogP contribution in [0, 0.1) is 13.8 Å². The van der Waals surface area contributed by atoms with Crippen molar-refractivity contribution in [1.82, 2.24) is 5.32 Å². The lowest BCUT2D eigenvalue weighted by atomic mass is 10.1. The molecule has 0 aliphatic rings. The summed E-state index contributed by atoms with van der Waals surface area (Å²) in [6.45, 7) is 3.90. The molecule has 0 heterocycles. The van der Waals surface area contributed by atoms with Gasteiger partial charge in [0.25, 0.3) is 5.91 Å². The lowest BCUT2D eigenvalue weighted by Crippen LogP contribution is -2.32. The summed E-state index contributed by atoms with van der Waals surface area (Å²) in [5.74, 6) is 0.000804. The Balaban J connectivity index is 1.90. The Bertz CT molecular complexity index is 726. The Morgan fingerprint density at radius 1 is 1.04 bits per heavy atom.